The molecule has 0 saturated carbocycles. The van der Waals surface area contributed by atoms with Gasteiger partial charge in [0.25, 0.3) is 0 Å². The zero-order chi connectivity index (χ0) is 16.5. The van der Waals surface area contributed by atoms with Crippen LogP contribution in [0.3, 0.4) is 0 Å². The normalized spacial score (nSPS) is 20.9. The molecule has 2 saturated heterocycles. The van der Waals surface area contributed by atoms with E-state index in [0.29, 0.717) is 12.3 Å². The molecule has 4 rings (SSSR count). The molecule has 0 radical (unpaired) electrons. The van der Waals surface area contributed by atoms with Crippen LogP contribution in [0.4, 0.5) is 0 Å². The molecular formula is C19H22N2O3. The molecule has 1 aromatic heterocycles. The standard InChI is InChI=1S/C19H22N2O3/c22-18(13-15-12-14-6-1-2-8-17(14)24-15)21-11-5-7-16(21)19(23)20-9-3-4-10-20/h1-2,6,8,12,16H,3-5,7,9-11,13H2/t16-/m0/s1. The van der Waals surface area contributed by atoms with Crippen LogP contribution >= 0.6 is 0 Å². The Morgan fingerprint density at radius 2 is 1.88 bits per heavy atom. The largest absolute Gasteiger partial charge is 0.461 e. The van der Waals surface area contributed by atoms with Crippen molar-refractivity contribution < 1.29 is 14.0 Å². The molecule has 2 aliphatic heterocycles. The van der Waals surface area contributed by atoms with Gasteiger partial charge in [0.05, 0.1) is 6.42 Å². The Bertz CT molecular complexity index is 728. The summed E-state index contributed by atoms with van der Waals surface area (Å²) in [6.07, 6.45) is 4.05. The number of carbonyl (C=O) groups is 2. The number of hydrogen-bond donors (Lipinski definition) is 0. The third kappa shape index (κ3) is 2.79. The maximum Gasteiger partial charge on any atom is 0.245 e. The van der Waals surface area contributed by atoms with Gasteiger partial charge in [0.15, 0.2) is 0 Å². The van der Waals surface area contributed by atoms with Crippen molar-refractivity contribution in [3.05, 3.63) is 36.1 Å². The van der Waals surface area contributed by atoms with Crippen LogP contribution in [0.15, 0.2) is 34.7 Å². The lowest BCUT2D eigenvalue weighted by Crippen LogP contribution is -2.47. The second-order valence-electron chi connectivity index (χ2n) is 6.70. The number of hydrogen-bond acceptors (Lipinski definition) is 3. The Morgan fingerprint density at radius 1 is 1.08 bits per heavy atom. The van der Waals surface area contributed by atoms with Crippen LogP contribution in [0, 0.1) is 0 Å². The zero-order valence-electron chi connectivity index (χ0n) is 13.7. The number of carbonyl (C=O) groups excluding carboxylic acids is 2. The highest BCUT2D eigenvalue weighted by molar-refractivity contribution is 5.89. The quantitative estimate of drug-likeness (QED) is 0.871. The predicted octanol–water partition coefficient (Wildman–Crippen LogP) is 2.59. The molecule has 0 spiro atoms. The van der Waals surface area contributed by atoms with E-state index in [1.807, 2.05) is 35.2 Å². The van der Waals surface area contributed by atoms with Crippen LogP contribution in [-0.2, 0) is 16.0 Å². The van der Waals surface area contributed by atoms with Crippen LogP contribution in [0.1, 0.15) is 31.4 Å². The number of nitrogens with zero attached hydrogens (tertiary/aromatic N) is 2. The summed E-state index contributed by atoms with van der Waals surface area (Å²) >= 11 is 0. The van der Waals surface area contributed by atoms with Crippen molar-refractivity contribution >= 4 is 22.8 Å². The van der Waals surface area contributed by atoms with E-state index < -0.39 is 0 Å². The first-order chi connectivity index (χ1) is 11.7. The van der Waals surface area contributed by atoms with E-state index in [9.17, 15) is 9.59 Å². The number of amides is 2. The molecule has 1 atom stereocenters. The number of para-hydroxylation sites is 1. The summed E-state index contributed by atoms with van der Waals surface area (Å²) in [6, 6.07) is 9.39. The zero-order valence-corrected chi connectivity index (χ0v) is 13.7. The van der Waals surface area contributed by atoms with E-state index in [1.54, 1.807) is 4.90 Å². The molecule has 5 heteroatoms. The van der Waals surface area contributed by atoms with Crippen LogP contribution in [-0.4, -0.2) is 47.3 Å². The van der Waals surface area contributed by atoms with Gasteiger partial charge in [0, 0.05) is 25.0 Å². The highest BCUT2D eigenvalue weighted by Crippen LogP contribution is 2.24. The van der Waals surface area contributed by atoms with E-state index in [-0.39, 0.29) is 24.3 Å². The summed E-state index contributed by atoms with van der Waals surface area (Å²) in [6.45, 7) is 2.34. The molecule has 0 unspecified atom stereocenters. The molecule has 2 aliphatic rings. The van der Waals surface area contributed by atoms with Gasteiger partial charge in [-0.15, -0.1) is 0 Å². The van der Waals surface area contributed by atoms with Gasteiger partial charge >= 0.3 is 0 Å². The van der Waals surface area contributed by atoms with Gasteiger partial charge in [-0.1, -0.05) is 18.2 Å². The van der Waals surface area contributed by atoms with Crippen LogP contribution in [0.25, 0.3) is 11.0 Å². The molecular weight excluding hydrogens is 304 g/mol. The average Bonchev–Trinajstić information content (AvgIpc) is 3.32. The van der Waals surface area contributed by atoms with Crippen molar-refractivity contribution in [3.63, 3.8) is 0 Å². The van der Waals surface area contributed by atoms with Gasteiger partial charge in [0.1, 0.15) is 17.4 Å². The van der Waals surface area contributed by atoms with Gasteiger partial charge in [0.2, 0.25) is 11.8 Å². The van der Waals surface area contributed by atoms with Crippen molar-refractivity contribution in [1.29, 1.82) is 0 Å². The molecule has 2 aromatic rings. The monoisotopic (exact) mass is 326 g/mol. The number of furan rings is 1. The molecule has 0 bridgehead atoms. The van der Waals surface area contributed by atoms with E-state index >= 15 is 0 Å². The Labute approximate surface area is 141 Å². The van der Waals surface area contributed by atoms with Crippen molar-refractivity contribution in [2.45, 2.75) is 38.1 Å². The second kappa shape index (κ2) is 6.30. The maximum absolute atomic E-state index is 12.7. The third-order valence-electron chi connectivity index (χ3n) is 5.08. The maximum atomic E-state index is 12.7. The van der Waals surface area contributed by atoms with Gasteiger partial charge in [-0.25, -0.2) is 0 Å². The molecule has 2 fully saturated rings. The fraction of sp³-hybridized carbons (Fsp3) is 0.474. The van der Waals surface area contributed by atoms with E-state index in [4.69, 9.17) is 4.42 Å². The van der Waals surface area contributed by atoms with Crippen LogP contribution < -0.4 is 0 Å². The lowest BCUT2D eigenvalue weighted by atomic mass is 10.1. The van der Waals surface area contributed by atoms with Gasteiger partial charge < -0.3 is 14.2 Å². The molecule has 3 heterocycles. The molecule has 2 amide bonds. The van der Waals surface area contributed by atoms with Crippen LogP contribution in [0.2, 0.25) is 0 Å². The van der Waals surface area contributed by atoms with E-state index in [0.717, 1.165) is 49.7 Å². The second-order valence-corrected chi connectivity index (χ2v) is 6.70. The van der Waals surface area contributed by atoms with Gasteiger partial charge in [-0.2, -0.15) is 0 Å². The minimum absolute atomic E-state index is 0.0101. The van der Waals surface area contributed by atoms with Gasteiger partial charge in [-0.3, -0.25) is 9.59 Å². The van der Waals surface area contributed by atoms with Gasteiger partial charge in [-0.05, 0) is 37.8 Å². The van der Waals surface area contributed by atoms with Crippen molar-refractivity contribution in [2.75, 3.05) is 19.6 Å². The average molecular weight is 326 g/mol. The summed E-state index contributed by atoms with van der Waals surface area (Å²) in [5.41, 5.74) is 0.798. The van der Waals surface area contributed by atoms with E-state index in [2.05, 4.69) is 0 Å². The highest BCUT2D eigenvalue weighted by atomic mass is 16.3. The predicted molar refractivity (Wildman–Crippen MR) is 90.5 cm³/mol. The summed E-state index contributed by atoms with van der Waals surface area (Å²) < 4.78 is 5.75. The topological polar surface area (TPSA) is 53.8 Å². The molecule has 1 aromatic carbocycles. The minimum atomic E-state index is -0.278. The Balaban J connectivity index is 1.47. The van der Waals surface area contributed by atoms with Crippen molar-refractivity contribution in [1.82, 2.24) is 9.80 Å². The number of likely N-dealkylation sites (tertiary alicyclic amines) is 2. The fourth-order valence-electron chi connectivity index (χ4n) is 3.84. The first kappa shape index (κ1) is 15.2. The van der Waals surface area contributed by atoms with E-state index in [1.165, 1.54) is 0 Å². The number of fused-ring (bicyclic) bond motifs is 1. The minimum Gasteiger partial charge on any atom is -0.461 e. The summed E-state index contributed by atoms with van der Waals surface area (Å²) in [5.74, 6) is 0.785. The number of rotatable bonds is 3. The first-order valence-electron chi connectivity index (χ1n) is 8.78. The fourth-order valence-corrected chi connectivity index (χ4v) is 3.84. The Morgan fingerprint density at radius 3 is 2.67 bits per heavy atom. The lowest BCUT2D eigenvalue weighted by Gasteiger charge is -2.27. The highest BCUT2D eigenvalue weighted by Gasteiger charge is 2.37. The number of benzene rings is 1. The Hall–Kier alpha value is -2.30. The van der Waals surface area contributed by atoms with Crippen molar-refractivity contribution in [2.24, 2.45) is 0 Å². The SMILES string of the molecule is O=C([C@@H]1CCCN1C(=O)Cc1cc2ccccc2o1)N1CCCC1. The summed E-state index contributed by atoms with van der Waals surface area (Å²) in [5, 5.41) is 1.01. The molecule has 126 valence electrons. The molecule has 24 heavy (non-hydrogen) atoms. The molecule has 5 nitrogen and oxygen atoms in total. The first-order valence-corrected chi connectivity index (χ1v) is 8.78. The van der Waals surface area contributed by atoms with Crippen LogP contribution in [0.5, 0.6) is 0 Å². The third-order valence-corrected chi connectivity index (χ3v) is 5.08. The summed E-state index contributed by atoms with van der Waals surface area (Å²) in [4.78, 5) is 29.1. The Kier molecular flexibility index (Phi) is 4.00. The summed E-state index contributed by atoms with van der Waals surface area (Å²) in [7, 11) is 0. The molecule has 0 N–H and O–H groups in total. The lowest BCUT2D eigenvalue weighted by molar-refractivity contribution is -0.143. The van der Waals surface area contributed by atoms with Crippen molar-refractivity contribution in [3.8, 4) is 0 Å². The smallest absolute Gasteiger partial charge is 0.245 e. The molecule has 0 aliphatic carbocycles.